The van der Waals surface area contributed by atoms with Gasteiger partial charge in [0.1, 0.15) is 5.82 Å². The van der Waals surface area contributed by atoms with E-state index in [1.807, 2.05) is 6.07 Å². The highest BCUT2D eigenvalue weighted by molar-refractivity contribution is 5.23. The van der Waals surface area contributed by atoms with Gasteiger partial charge in [-0.05, 0) is 49.3 Å². The summed E-state index contributed by atoms with van der Waals surface area (Å²) >= 11 is 0. The van der Waals surface area contributed by atoms with Crippen molar-refractivity contribution in [2.75, 3.05) is 0 Å². The zero-order valence-corrected chi connectivity index (χ0v) is 11.9. The lowest BCUT2D eigenvalue weighted by Gasteiger charge is -2.39. The fourth-order valence-corrected chi connectivity index (χ4v) is 3.57. The van der Waals surface area contributed by atoms with E-state index in [2.05, 4.69) is 5.32 Å². The fourth-order valence-electron chi connectivity index (χ4n) is 3.57. The number of halogens is 1. The third kappa shape index (κ3) is 3.21. The molecule has 0 heterocycles. The van der Waals surface area contributed by atoms with Crippen molar-refractivity contribution in [3.8, 4) is 0 Å². The van der Waals surface area contributed by atoms with E-state index in [-0.39, 0.29) is 18.0 Å². The smallest absolute Gasteiger partial charge is 0.123 e. The highest BCUT2D eigenvalue weighted by Gasteiger charge is 2.33. The average Bonchev–Trinajstić information content (AvgIpc) is 2.58. The van der Waals surface area contributed by atoms with Crippen LogP contribution in [0.15, 0.2) is 24.3 Å². The molecule has 1 aromatic rings. The molecule has 20 heavy (non-hydrogen) atoms. The van der Waals surface area contributed by atoms with Crippen LogP contribution in [0.3, 0.4) is 0 Å². The molecule has 0 aromatic heterocycles. The van der Waals surface area contributed by atoms with E-state index in [4.69, 9.17) is 0 Å². The Morgan fingerprint density at radius 3 is 2.70 bits per heavy atom. The topological polar surface area (TPSA) is 32.3 Å². The molecular formula is C17H24FNO. The monoisotopic (exact) mass is 277 g/mol. The first kappa shape index (κ1) is 14.0. The van der Waals surface area contributed by atoms with Crippen LogP contribution in [0.25, 0.3) is 0 Å². The standard InChI is InChI=1S/C17H24FNO/c18-14-6-4-5-12(9-14)13-10-15(11-13)19-16-7-2-1-3-8-17(16)20/h4-6,9,13,15-17,19-20H,1-3,7-8,10-11H2. The van der Waals surface area contributed by atoms with Gasteiger partial charge in [0.05, 0.1) is 6.10 Å². The Morgan fingerprint density at radius 1 is 1.10 bits per heavy atom. The fraction of sp³-hybridized carbons (Fsp3) is 0.647. The number of nitrogens with one attached hydrogen (secondary N) is 1. The zero-order valence-electron chi connectivity index (χ0n) is 11.9. The van der Waals surface area contributed by atoms with Crippen molar-refractivity contribution >= 4 is 0 Å². The minimum Gasteiger partial charge on any atom is -0.392 e. The van der Waals surface area contributed by atoms with Gasteiger partial charge >= 0.3 is 0 Å². The van der Waals surface area contributed by atoms with Crippen LogP contribution in [0, 0.1) is 5.82 Å². The second-order valence-electron chi connectivity index (χ2n) is 6.40. The normalized spacial score (nSPS) is 34.3. The maximum absolute atomic E-state index is 13.2. The van der Waals surface area contributed by atoms with E-state index < -0.39 is 0 Å². The van der Waals surface area contributed by atoms with Gasteiger partial charge in [-0.1, -0.05) is 31.4 Å². The SMILES string of the molecule is OC1CCCCCC1NC1CC(c2cccc(F)c2)C1. The minimum absolute atomic E-state index is 0.141. The molecule has 2 atom stereocenters. The van der Waals surface area contributed by atoms with Crippen molar-refractivity contribution in [2.24, 2.45) is 0 Å². The summed E-state index contributed by atoms with van der Waals surface area (Å²) in [4.78, 5) is 0. The highest BCUT2D eigenvalue weighted by Crippen LogP contribution is 2.37. The molecule has 0 radical (unpaired) electrons. The van der Waals surface area contributed by atoms with Crippen molar-refractivity contribution in [3.05, 3.63) is 35.6 Å². The number of aliphatic hydroxyl groups is 1. The molecule has 1 aromatic carbocycles. The van der Waals surface area contributed by atoms with Crippen LogP contribution in [0.5, 0.6) is 0 Å². The first-order valence-corrected chi connectivity index (χ1v) is 7.92. The number of aliphatic hydroxyl groups excluding tert-OH is 1. The van der Waals surface area contributed by atoms with Crippen molar-refractivity contribution in [2.45, 2.75) is 69.1 Å². The number of hydrogen-bond donors (Lipinski definition) is 2. The molecule has 2 fully saturated rings. The van der Waals surface area contributed by atoms with E-state index in [9.17, 15) is 9.50 Å². The Labute approximate surface area is 120 Å². The molecule has 0 bridgehead atoms. The Balaban J connectivity index is 1.50. The van der Waals surface area contributed by atoms with Crippen molar-refractivity contribution in [1.29, 1.82) is 0 Å². The van der Waals surface area contributed by atoms with Gasteiger partial charge in [-0.25, -0.2) is 4.39 Å². The van der Waals surface area contributed by atoms with Gasteiger partial charge in [0.15, 0.2) is 0 Å². The first-order chi connectivity index (χ1) is 9.72. The van der Waals surface area contributed by atoms with Crippen LogP contribution in [0.4, 0.5) is 4.39 Å². The summed E-state index contributed by atoms with van der Waals surface area (Å²) in [7, 11) is 0. The van der Waals surface area contributed by atoms with Gasteiger partial charge in [-0.2, -0.15) is 0 Å². The Kier molecular flexibility index (Phi) is 4.37. The largest absolute Gasteiger partial charge is 0.392 e. The summed E-state index contributed by atoms with van der Waals surface area (Å²) in [6, 6.07) is 7.71. The summed E-state index contributed by atoms with van der Waals surface area (Å²) < 4.78 is 13.2. The minimum atomic E-state index is -0.189. The van der Waals surface area contributed by atoms with E-state index in [1.54, 1.807) is 12.1 Å². The molecule has 0 amide bonds. The molecule has 2 saturated carbocycles. The quantitative estimate of drug-likeness (QED) is 0.830. The lowest BCUT2D eigenvalue weighted by Crippen LogP contribution is -2.49. The zero-order chi connectivity index (χ0) is 13.9. The Bertz CT molecular complexity index is 444. The van der Waals surface area contributed by atoms with Crippen LogP contribution in [0.2, 0.25) is 0 Å². The number of hydrogen-bond acceptors (Lipinski definition) is 2. The number of benzene rings is 1. The lowest BCUT2D eigenvalue weighted by atomic mass is 9.75. The summed E-state index contributed by atoms with van der Waals surface area (Å²) in [5.41, 5.74) is 1.12. The molecule has 2 N–H and O–H groups in total. The third-order valence-electron chi connectivity index (χ3n) is 4.89. The van der Waals surface area contributed by atoms with Gasteiger partial charge in [-0.15, -0.1) is 0 Å². The third-order valence-corrected chi connectivity index (χ3v) is 4.89. The van der Waals surface area contributed by atoms with Crippen LogP contribution in [0.1, 0.15) is 56.4 Å². The van der Waals surface area contributed by atoms with E-state index in [0.29, 0.717) is 12.0 Å². The summed E-state index contributed by atoms with van der Waals surface area (Å²) in [6.45, 7) is 0. The summed E-state index contributed by atoms with van der Waals surface area (Å²) in [5, 5.41) is 13.7. The molecule has 2 unspecified atom stereocenters. The second-order valence-corrected chi connectivity index (χ2v) is 6.40. The molecule has 2 aliphatic carbocycles. The van der Waals surface area contributed by atoms with Crippen molar-refractivity contribution in [3.63, 3.8) is 0 Å². The van der Waals surface area contributed by atoms with Crippen LogP contribution >= 0.6 is 0 Å². The Morgan fingerprint density at radius 2 is 1.90 bits per heavy atom. The van der Waals surface area contributed by atoms with Gasteiger partial charge < -0.3 is 10.4 Å². The molecule has 0 spiro atoms. The van der Waals surface area contributed by atoms with E-state index in [0.717, 1.165) is 37.7 Å². The van der Waals surface area contributed by atoms with Crippen molar-refractivity contribution < 1.29 is 9.50 Å². The predicted octanol–water partition coefficient (Wildman–Crippen LogP) is 3.35. The summed E-state index contributed by atoms with van der Waals surface area (Å²) in [5.74, 6) is 0.337. The maximum Gasteiger partial charge on any atom is 0.123 e. The molecular weight excluding hydrogens is 253 g/mol. The predicted molar refractivity (Wildman–Crippen MR) is 78.2 cm³/mol. The van der Waals surface area contributed by atoms with E-state index >= 15 is 0 Å². The highest BCUT2D eigenvalue weighted by atomic mass is 19.1. The first-order valence-electron chi connectivity index (χ1n) is 7.92. The van der Waals surface area contributed by atoms with Gasteiger partial charge in [0, 0.05) is 12.1 Å². The van der Waals surface area contributed by atoms with Crippen LogP contribution in [-0.4, -0.2) is 23.3 Å². The molecule has 2 aliphatic rings. The summed E-state index contributed by atoms with van der Waals surface area (Å²) in [6.07, 6.45) is 7.56. The van der Waals surface area contributed by atoms with E-state index in [1.165, 1.54) is 18.9 Å². The van der Waals surface area contributed by atoms with Crippen LogP contribution in [-0.2, 0) is 0 Å². The lowest BCUT2D eigenvalue weighted by molar-refractivity contribution is 0.102. The molecule has 3 heteroatoms. The van der Waals surface area contributed by atoms with Crippen molar-refractivity contribution in [1.82, 2.24) is 5.32 Å². The molecule has 110 valence electrons. The molecule has 0 aliphatic heterocycles. The molecule has 3 rings (SSSR count). The Hall–Kier alpha value is -0.930. The van der Waals surface area contributed by atoms with Crippen LogP contribution < -0.4 is 5.32 Å². The number of rotatable bonds is 3. The van der Waals surface area contributed by atoms with Gasteiger partial charge in [-0.3, -0.25) is 0 Å². The van der Waals surface area contributed by atoms with Gasteiger partial charge in [0.2, 0.25) is 0 Å². The average molecular weight is 277 g/mol. The second kappa shape index (κ2) is 6.23. The molecule has 2 nitrogen and oxygen atoms in total. The van der Waals surface area contributed by atoms with Gasteiger partial charge in [0.25, 0.3) is 0 Å². The molecule has 0 saturated heterocycles. The maximum atomic E-state index is 13.2.